The number of methoxy groups -OCH3 is 1. The molecule has 0 atom stereocenters. The van der Waals surface area contributed by atoms with Crippen molar-refractivity contribution in [3.8, 4) is 5.75 Å². The minimum atomic E-state index is -3.58. The van der Waals surface area contributed by atoms with Crippen molar-refractivity contribution in [3.63, 3.8) is 0 Å². The first-order valence-electron chi connectivity index (χ1n) is 8.40. The first-order valence-corrected chi connectivity index (χ1v) is 11.4. The third kappa shape index (κ3) is 7.15. The number of ether oxygens (including phenoxy) is 1. The Morgan fingerprint density at radius 3 is 2.37 bits per heavy atom. The van der Waals surface area contributed by atoms with Crippen molar-refractivity contribution in [1.29, 1.82) is 0 Å². The minimum Gasteiger partial charge on any atom is -0.497 e. The van der Waals surface area contributed by atoms with Gasteiger partial charge in [0.1, 0.15) is 12.3 Å². The molecule has 146 valence electrons. The summed E-state index contributed by atoms with van der Waals surface area (Å²) < 4.78 is 30.3. The molecule has 0 fully saturated rings. The van der Waals surface area contributed by atoms with Crippen LogP contribution in [-0.4, -0.2) is 46.5 Å². The Kier molecular flexibility index (Phi) is 7.99. The third-order valence-electron chi connectivity index (χ3n) is 3.73. The predicted molar refractivity (Wildman–Crippen MR) is 111 cm³/mol. The topological polar surface area (TPSA) is 75.7 Å². The summed E-state index contributed by atoms with van der Waals surface area (Å²) in [6.07, 6.45) is 1.08. The van der Waals surface area contributed by atoms with Crippen molar-refractivity contribution in [2.75, 3.05) is 36.5 Å². The van der Waals surface area contributed by atoms with Gasteiger partial charge in [0.15, 0.2) is 0 Å². The quantitative estimate of drug-likeness (QED) is 0.612. The number of carbonyl (C=O) groups excluding carboxylic acids is 1. The molecule has 0 aliphatic carbocycles. The van der Waals surface area contributed by atoms with Gasteiger partial charge in [-0.3, -0.25) is 9.10 Å². The average Bonchev–Trinajstić information content (AvgIpc) is 2.66. The van der Waals surface area contributed by atoms with Gasteiger partial charge in [0.2, 0.25) is 15.9 Å². The second-order valence-corrected chi connectivity index (χ2v) is 8.87. The molecular weight excluding hydrogens is 384 g/mol. The molecule has 0 saturated heterocycles. The molecule has 0 unspecified atom stereocenters. The zero-order valence-electron chi connectivity index (χ0n) is 15.4. The van der Waals surface area contributed by atoms with Crippen LogP contribution < -0.4 is 14.4 Å². The van der Waals surface area contributed by atoms with Gasteiger partial charge in [0.25, 0.3) is 0 Å². The van der Waals surface area contributed by atoms with Crippen LogP contribution in [-0.2, 0) is 20.6 Å². The van der Waals surface area contributed by atoms with E-state index in [1.54, 1.807) is 36.0 Å². The Bertz CT molecular complexity index is 825. The summed E-state index contributed by atoms with van der Waals surface area (Å²) in [5.41, 5.74) is 1.66. The van der Waals surface area contributed by atoms with Crippen molar-refractivity contribution < 1.29 is 17.9 Å². The normalized spacial score (nSPS) is 11.0. The monoisotopic (exact) mass is 408 g/mol. The summed E-state index contributed by atoms with van der Waals surface area (Å²) >= 11 is 1.71. The Balaban J connectivity index is 1.83. The molecule has 0 radical (unpaired) electrons. The first kappa shape index (κ1) is 21.1. The lowest BCUT2D eigenvalue weighted by molar-refractivity contribution is -0.119. The minimum absolute atomic E-state index is 0.255. The molecule has 0 bridgehead atoms. The fraction of sp³-hybridized carbons (Fsp3) is 0.316. The number of thioether (sulfide) groups is 1. The van der Waals surface area contributed by atoms with Gasteiger partial charge in [-0.05, 0) is 29.8 Å². The van der Waals surface area contributed by atoms with Crippen LogP contribution in [0.15, 0.2) is 54.6 Å². The average molecular weight is 409 g/mol. The van der Waals surface area contributed by atoms with E-state index in [1.807, 2.05) is 18.2 Å². The van der Waals surface area contributed by atoms with Crippen molar-refractivity contribution >= 4 is 33.4 Å². The molecule has 0 aliphatic rings. The van der Waals surface area contributed by atoms with Crippen LogP contribution in [0.3, 0.4) is 0 Å². The molecule has 2 rings (SSSR count). The maximum absolute atomic E-state index is 12.2. The molecule has 1 amide bonds. The van der Waals surface area contributed by atoms with E-state index in [-0.39, 0.29) is 12.5 Å². The molecule has 0 saturated carbocycles. The second-order valence-electron chi connectivity index (χ2n) is 5.86. The van der Waals surface area contributed by atoms with E-state index in [2.05, 4.69) is 17.4 Å². The zero-order valence-corrected chi connectivity index (χ0v) is 17.1. The molecule has 2 aromatic carbocycles. The lowest BCUT2D eigenvalue weighted by Crippen LogP contribution is -2.41. The number of nitrogens with one attached hydrogen (secondary N) is 1. The fourth-order valence-corrected chi connectivity index (χ4v) is 4.04. The van der Waals surface area contributed by atoms with Crippen LogP contribution in [0.1, 0.15) is 5.56 Å². The molecule has 0 spiro atoms. The van der Waals surface area contributed by atoms with E-state index in [0.717, 1.165) is 22.1 Å². The van der Waals surface area contributed by atoms with Crippen LogP contribution in [0.5, 0.6) is 5.75 Å². The van der Waals surface area contributed by atoms with Gasteiger partial charge < -0.3 is 10.1 Å². The van der Waals surface area contributed by atoms with E-state index in [4.69, 9.17) is 4.74 Å². The molecule has 0 heterocycles. The molecule has 0 aliphatic heterocycles. The van der Waals surface area contributed by atoms with Crippen LogP contribution in [0.4, 0.5) is 5.69 Å². The number of rotatable bonds is 10. The van der Waals surface area contributed by atoms with Crippen LogP contribution in [0.2, 0.25) is 0 Å². The molecule has 1 N–H and O–H groups in total. The summed E-state index contributed by atoms with van der Waals surface area (Å²) in [6.45, 7) is 0.227. The van der Waals surface area contributed by atoms with Gasteiger partial charge in [-0.25, -0.2) is 8.42 Å². The van der Waals surface area contributed by atoms with Gasteiger partial charge in [-0.1, -0.05) is 30.3 Å². The van der Waals surface area contributed by atoms with Crippen molar-refractivity contribution in [2.24, 2.45) is 0 Å². The number of benzene rings is 2. The summed E-state index contributed by atoms with van der Waals surface area (Å²) in [7, 11) is -2.04. The van der Waals surface area contributed by atoms with Gasteiger partial charge in [-0.15, -0.1) is 0 Å². The predicted octanol–water partition coefficient (Wildman–Crippen LogP) is 2.51. The van der Waals surface area contributed by atoms with Crippen molar-refractivity contribution in [1.82, 2.24) is 5.32 Å². The smallest absolute Gasteiger partial charge is 0.240 e. The second kappa shape index (κ2) is 10.2. The number of hydrogen-bond acceptors (Lipinski definition) is 5. The highest BCUT2D eigenvalue weighted by Crippen LogP contribution is 2.21. The maximum atomic E-state index is 12.2. The highest BCUT2D eigenvalue weighted by atomic mass is 32.2. The van der Waals surface area contributed by atoms with E-state index in [1.165, 1.54) is 12.7 Å². The van der Waals surface area contributed by atoms with Crippen LogP contribution in [0, 0.1) is 0 Å². The lowest BCUT2D eigenvalue weighted by Gasteiger charge is -2.22. The molecule has 2 aromatic rings. The Hall–Kier alpha value is -2.19. The molecule has 27 heavy (non-hydrogen) atoms. The number of amides is 1. The Morgan fingerprint density at radius 2 is 1.78 bits per heavy atom. The summed E-state index contributed by atoms with van der Waals surface area (Å²) in [5.74, 6) is 1.91. The highest BCUT2D eigenvalue weighted by Gasteiger charge is 2.20. The van der Waals surface area contributed by atoms with Gasteiger partial charge in [0, 0.05) is 18.1 Å². The van der Waals surface area contributed by atoms with Crippen LogP contribution >= 0.6 is 11.8 Å². The molecule has 6 nitrogen and oxygen atoms in total. The van der Waals surface area contributed by atoms with Crippen molar-refractivity contribution in [3.05, 3.63) is 60.2 Å². The molecule has 0 aromatic heterocycles. The van der Waals surface area contributed by atoms with E-state index in [9.17, 15) is 13.2 Å². The summed E-state index contributed by atoms with van der Waals surface area (Å²) in [6, 6.07) is 16.6. The first-order chi connectivity index (χ1) is 12.9. The maximum Gasteiger partial charge on any atom is 0.240 e. The lowest BCUT2D eigenvalue weighted by atomic mass is 10.2. The highest BCUT2D eigenvalue weighted by molar-refractivity contribution is 7.98. The SMILES string of the molecule is COc1ccc(N(CC(=O)NCCSCc2ccccc2)S(C)(=O)=O)cc1. The standard InChI is InChI=1S/C19H24N2O4S2/c1-25-18-10-8-17(9-11-18)21(27(2,23)24)14-19(22)20-12-13-26-15-16-6-4-3-5-7-16/h3-11H,12-15H2,1-2H3,(H,20,22). The zero-order chi connectivity index (χ0) is 19.7. The van der Waals surface area contributed by atoms with Gasteiger partial charge in [0.05, 0.1) is 19.1 Å². The third-order valence-corrected chi connectivity index (χ3v) is 5.90. The van der Waals surface area contributed by atoms with Gasteiger partial charge in [-0.2, -0.15) is 11.8 Å². The number of anilines is 1. The Labute approximate surface area is 165 Å². The molecular formula is C19H24N2O4S2. The van der Waals surface area contributed by atoms with E-state index >= 15 is 0 Å². The number of nitrogens with zero attached hydrogens (tertiary/aromatic N) is 1. The van der Waals surface area contributed by atoms with E-state index < -0.39 is 10.0 Å². The summed E-state index contributed by atoms with van der Waals surface area (Å²) in [4.78, 5) is 12.2. The van der Waals surface area contributed by atoms with Crippen molar-refractivity contribution in [2.45, 2.75) is 5.75 Å². The number of hydrogen-bond donors (Lipinski definition) is 1. The number of sulfonamides is 1. The molecule has 8 heteroatoms. The van der Waals surface area contributed by atoms with Crippen LogP contribution in [0.25, 0.3) is 0 Å². The van der Waals surface area contributed by atoms with Gasteiger partial charge >= 0.3 is 0 Å². The fourth-order valence-electron chi connectivity index (χ4n) is 2.36. The Morgan fingerprint density at radius 1 is 1.11 bits per heavy atom. The summed E-state index contributed by atoms with van der Waals surface area (Å²) in [5, 5.41) is 2.77. The number of carbonyl (C=O) groups is 1. The van der Waals surface area contributed by atoms with E-state index in [0.29, 0.717) is 18.0 Å². The largest absolute Gasteiger partial charge is 0.497 e.